The van der Waals surface area contributed by atoms with Crippen molar-refractivity contribution < 1.29 is 9.50 Å². The Kier molecular flexibility index (Phi) is 6.66. The largest absolute Gasteiger partial charge is 0.393 e. The van der Waals surface area contributed by atoms with Crippen LogP contribution in [0.1, 0.15) is 37.6 Å². The van der Waals surface area contributed by atoms with Crippen LogP contribution in [0.4, 0.5) is 4.39 Å². The Balaban J connectivity index is 1.76. The van der Waals surface area contributed by atoms with Crippen LogP contribution < -0.4 is 0 Å². The normalized spacial score (nSPS) is 12.5. The number of allylic oxidation sites excluding steroid dienone is 2. The monoisotopic (exact) mass is 376 g/mol. The minimum Gasteiger partial charge on any atom is -0.393 e. The number of benzene rings is 2. The number of nitrogens with zero attached hydrogens (tertiary/aromatic N) is 2. The van der Waals surface area contributed by atoms with Crippen LogP contribution in [0.25, 0.3) is 28.1 Å². The van der Waals surface area contributed by atoms with E-state index in [1.165, 1.54) is 0 Å². The van der Waals surface area contributed by atoms with Gasteiger partial charge in [-0.05, 0) is 73.6 Å². The highest BCUT2D eigenvalue weighted by molar-refractivity contribution is 5.84. The molecule has 4 heteroatoms. The molecule has 3 rings (SSSR count). The first-order valence-electron chi connectivity index (χ1n) is 9.58. The van der Waals surface area contributed by atoms with Crippen LogP contribution in [0, 0.1) is 5.82 Å². The van der Waals surface area contributed by atoms with E-state index in [1.807, 2.05) is 36.4 Å². The quantitative estimate of drug-likeness (QED) is 0.403. The summed E-state index contributed by atoms with van der Waals surface area (Å²) < 4.78 is 14.2. The van der Waals surface area contributed by atoms with E-state index in [1.54, 1.807) is 31.3 Å². The van der Waals surface area contributed by atoms with Gasteiger partial charge in [0.05, 0.1) is 11.6 Å². The molecule has 0 saturated heterocycles. The van der Waals surface area contributed by atoms with Crippen molar-refractivity contribution in [3.8, 4) is 11.1 Å². The van der Waals surface area contributed by atoms with Crippen molar-refractivity contribution in [3.63, 3.8) is 0 Å². The summed E-state index contributed by atoms with van der Waals surface area (Å²) in [6, 6.07) is 11.2. The summed E-state index contributed by atoms with van der Waals surface area (Å²) in [5, 5.41) is 10.2. The molecule has 0 aliphatic carbocycles. The fourth-order valence-electron chi connectivity index (χ4n) is 3.08. The van der Waals surface area contributed by atoms with Crippen molar-refractivity contribution in [3.05, 3.63) is 78.5 Å². The zero-order chi connectivity index (χ0) is 19.9. The third-order valence-electron chi connectivity index (χ3n) is 4.61. The van der Waals surface area contributed by atoms with Gasteiger partial charge in [-0.15, -0.1) is 6.58 Å². The number of aromatic nitrogens is 2. The lowest BCUT2D eigenvalue weighted by atomic mass is 10.0. The molecule has 1 aromatic heterocycles. The smallest absolute Gasteiger partial charge is 0.152 e. The number of halogens is 1. The Morgan fingerprint density at radius 1 is 1.18 bits per heavy atom. The molecule has 1 heterocycles. The zero-order valence-electron chi connectivity index (χ0n) is 16.1. The molecule has 0 spiro atoms. The van der Waals surface area contributed by atoms with E-state index in [2.05, 4.69) is 16.5 Å². The first kappa shape index (κ1) is 19.9. The molecule has 0 aliphatic rings. The second kappa shape index (κ2) is 9.38. The van der Waals surface area contributed by atoms with E-state index in [9.17, 15) is 9.50 Å². The van der Waals surface area contributed by atoms with Gasteiger partial charge in [-0.25, -0.2) is 14.4 Å². The summed E-state index contributed by atoms with van der Waals surface area (Å²) in [7, 11) is 0. The van der Waals surface area contributed by atoms with Gasteiger partial charge in [0.25, 0.3) is 0 Å². The van der Waals surface area contributed by atoms with Gasteiger partial charge >= 0.3 is 0 Å². The summed E-state index contributed by atoms with van der Waals surface area (Å²) in [6.45, 7) is 5.46. The van der Waals surface area contributed by atoms with Gasteiger partial charge in [-0.1, -0.05) is 30.4 Å². The lowest BCUT2D eigenvalue weighted by Gasteiger charge is -2.07. The molecule has 1 atom stereocenters. The van der Waals surface area contributed by atoms with E-state index in [0.717, 1.165) is 41.3 Å². The van der Waals surface area contributed by atoms with Crippen molar-refractivity contribution in [2.75, 3.05) is 0 Å². The first-order chi connectivity index (χ1) is 13.6. The average Bonchev–Trinajstić information content (AvgIpc) is 2.68. The van der Waals surface area contributed by atoms with Crippen LogP contribution in [0.3, 0.4) is 0 Å². The number of hydrogen-bond acceptors (Lipinski definition) is 3. The third-order valence-corrected chi connectivity index (χ3v) is 4.61. The summed E-state index contributed by atoms with van der Waals surface area (Å²) in [5.41, 5.74) is 3.26. The van der Waals surface area contributed by atoms with Crippen LogP contribution in [0.15, 0.2) is 61.3 Å². The Hall–Kier alpha value is -2.85. The zero-order valence-corrected chi connectivity index (χ0v) is 16.1. The maximum atomic E-state index is 14.2. The Labute approximate surface area is 165 Å². The van der Waals surface area contributed by atoms with Crippen molar-refractivity contribution in [1.29, 1.82) is 0 Å². The van der Waals surface area contributed by atoms with Crippen LogP contribution in [-0.2, 0) is 6.42 Å². The van der Waals surface area contributed by atoms with Crippen molar-refractivity contribution in [2.24, 2.45) is 0 Å². The second-order valence-corrected chi connectivity index (χ2v) is 6.98. The van der Waals surface area contributed by atoms with E-state index in [4.69, 9.17) is 0 Å². The highest BCUT2D eigenvalue weighted by Gasteiger charge is 2.06. The highest BCUT2D eigenvalue weighted by atomic mass is 19.1. The number of fused-ring (bicyclic) bond motifs is 1. The fraction of sp³-hybridized carbons (Fsp3) is 0.250. The van der Waals surface area contributed by atoms with E-state index < -0.39 is 0 Å². The Morgan fingerprint density at radius 2 is 1.96 bits per heavy atom. The summed E-state index contributed by atoms with van der Waals surface area (Å²) in [6.07, 6.45) is 10.3. The second-order valence-electron chi connectivity index (χ2n) is 6.98. The number of unbranched alkanes of at least 4 members (excludes halogenated alkanes) is 1. The number of hydrogen-bond donors (Lipinski definition) is 1. The van der Waals surface area contributed by atoms with Gasteiger partial charge in [-0.2, -0.15) is 0 Å². The Bertz CT molecular complexity index is 995. The van der Waals surface area contributed by atoms with Gasteiger partial charge in [-0.3, -0.25) is 0 Å². The maximum absolute atomic E-state index is 14.2. The maximum Gasteiger partial charge on any atom is 0.152 e. The minimum absolute atomic E-state index is 0.218. The number of aliphatic hydroxyl groups excluding tert-OH is 1. The van der Waals surface area contributed by atoms with Gasteiger partial charge in [0.15, 0.2) is 5.82 Å². The number of aliphatic hydroxyl groups is 1. The van der Waals surface area contributed by atoms with Crippen LogP contribution in [0.5, 0.6) is 0 Å². The van der Waals surface area contributed by atoms with E-state index in [-0.39, 0.29) is 11.9 Å². The molecule has 2 aromatic carbocycles. The summed E-state index contributed by atoms with van der Waals surface area (Å²) >= 11 is 0. The number of rotatable bonds is 8. The van der Waals surface area contributed by atoms with Crippen molar-refractivity contribution in [2.45, 2.75) is 38.7 Å². The van der Waals surface area contributed by atoms with Crippen molar-refractivity contribution in [1.82, 2.24) is 9.97 Å². The topological polar surface area (TPSA) is 46.0 Å². The molecule has 144 valence electrons. The molecule has 0 aliphatic heterocycles. The molecule has 28 heavy (non-hydrogen) atoms. The minimum atomic E-state index is -0.258. The molecule has 0 bridgehead atoms. The SMILES string of the molecule is C=CCc1ccc(-c2ccc3nc(C=CCCCC(C)O)ncc3c2)cc1F. The lowest BCUT2D eigenvalue weighted by molar-refractivity contribution is 0.182. The first-order valence-corrected chi connectivity index (χ1v) is 9.58. The molecular weight excluding hydrogens is 351 g/mol. The van der Waals surface area contributed by atoms with E-state index in [0.29, 0.717) is 17.8 Å². The van der Waals surface area contributed by atoms with Gasteiger partial charge in [0.1, 0.15) is 5.82 Å². The molecular formula is C24H25FN2O. The molecule has 3 aromatic rings. The van der Waals surface area contributed by atoms with E-state index >= 15 is 0 Å². The molecule has 1 N–H and O–H groups in total. The van der Waals surface area contributed by atoms with Crippen LogP contribution in [0.2, 0.25) is 0 Å². The lowest BCUT2D eigenvalue weighted by Crippen LogP contribution is -1.97. The fourth-order valence-corrected chi connectivity index (χ4v) is 3.08. The average molecular weight is 376 g/mol. The van der Waals surface area contributed by atoms with Gasteiger partial charge in [0, 0.05) is 11.6 Å². The van der Waals surface area contributed by atoms with Crippen LogP contribution >= 0.6 is 0 Å². The van der Waals surface area contributed by atoms with Gasteiger partial charge in [0.2, 0.25) is 0 Å². The predicted molar refractivity (Wildman–Crippen MR) is 113 cm³/mol. The molecule has 1 unspecified atom stereocenters. The molecule has 0 saturated carbocycles. The highest BCUT2D eigenvalue weighted by Crippen LogP contribution is 2.25. The predicted octanol–water partition coefficient (Wildman–Crippen LogP) is 5.73. The van der Waals surface area contributed by atoms with Gasteiger partial charge < -0.3 is 5.11 Å². The Morgan fingerprint density at radius 3 is 2.71 bits per heavy atom. The molecule has 3 nitrogen and oxygen atoms in total. The summed E-state index contributed by atoms with van der Waals surface area (Å²) in [4.78, 5) is 8.96. The molecule has 0 radical (unpaired) electrons. The van der Waals surface area contributed by atoms with Crippen molar-refractivity contribution >= 4 is 17.0 Å². The van der Waals surface area contributed by atoms with Crippen LogP contribution in [-0.4, -0.2) is 21.2 Å². The molecule has 0 fully saturated rings. The summed E-state index contributed by atoms with van der Waals surface area (Å²) in [5.74, 6) is 0.446. The molecule has 0 amide bonds. The standard InChI is InChI=1S/C24H25FN2O/c1-3-7-18-10-11-20(15-22(18)25)19-12-13-23-21(14-19)16-26-24(27-23)9-6-4-5-8-17(2)28/h3,6,9-17,28H,1,4-5,7-8H2,2H3. The third kappa shape index (κ3) is 5.11.